The zero-order chi connectivity index (χ0) is 14.3. The Morgan fingerprint density at radius 3 is 2.55 bits per heavy atom. The number of aryl methyl sites for hydroxylation is 3. The zero-order valence-corrected chi connectivity index (χ0v) is 12.0. The van der Waals surface area contributed by atoms with Gasteiger partial charge in [-0.3, -0.25) is 0 Å². The number of aromatic nitrogens is 2. The van der Waals surface area contributed by atoms with Crippen molar-refractivity contribution in [2.45, 2.75) is 20.5 Å². The average molecular weight is 266 g/mol. The number of hydrogen-bond acceptors (Lipinski definition) is 2. The van der Waals surface area contributed by atoms with E-state index < -0.39 is 0 Å². The number of imidazole rings is 1. The summed E-state index contributed by atoms with van der Waals surface area (Å²) in [5.74, 6) is 0.957. The molecule has 3 rings (SSSR count). The van der Waals surface area contributed by atoms with E-state index in [9.17, 15) is 5.11 Å². The quantitative estimate of drug-likeness (QED) is 0.772. The molecular weight excluding hydrogens is 248 g/mol. The summed E-state index contributed by atoms with van der Waals surface area (Å²) in [6.45, 7) is 4.28. The zero-order valence-electron chi connectivity index (χ0n) is 12.0. The highest BCUT2D eigenvalue weighted by Crippen LogP contribution is 2.26. The van der Waals surface area contributed by atoms with Gasteiger partial charge in [0.15, 0.2) is 0 Å². The number of aliphatic hydroxyl groups excluding tert-OH is 1. The number of hydrogen-bond donors (Lipinski definition) is 1. The molecule has 1 aromatic heterocycles. The topological polar surface area (TPSA) is 38.1 Å². The van der Waals surface area contributed by atoms with Crippen LogP contribution in [0.5, 0.6) is 0 Å². The van der Waals surface area contributed by atoms with E-state index in [2.05, 4.69) is 36.6 Å². The Hall–Kier alpha value is -2.13. The summed E-state index contributed by atoms with van der Waals surface area (Å²) in [5, 5.41) is 9.25. The molecule has 0 bridgehead atoms. The second-order valence-corrected chi connectivity index (χ2v) is 5.27. The van der Waals surface area contributed by atoms with Crippen LogP contribution in [-0.2, 0) is 13.7 Å². The van der Waals surface area contributed by atoms with Crippen LogP contribution in [-0.4, -0.2) is 14.7 Å². The molecule has 0 atom stereocenters. The first kappa shape index (κ1) is 12.9. The monoisotopic (exact) mass is 266 g/mol. The van der Waals surface area contributed by atoms with E-state index in [-0.39, 0.29) is 6.61 Å². The van der Waals surface area contributed by atoms with Gasteiger partial charge in [-0.1, -0.05) is 18.2 Å². The van der Waals surface area contributed by atoms with Gasteiger partial charge in [0.25, 0.3) is 0 Å². The third kappa shape index (κ3) is 2.00. The third-order valence-electron chi connectivity index (χ3n) is 3.89. The van der Waals surface area contributed by atoms with E-state index in [4.69, 9.17) is 4.98 Å². The molecule has 2 aromatic carbocycles. The Morgan fingerprint density at radius 2 is 1.85 bits per heavy atom. The summed E-state index contributed by atoms with van der Waals surface area (Å²) < 4.78 is 2.08. The van der Waals surface area contributed by atoms with Gasteiger partial charge in [-0.05, 0) is 48.7 Å². The van der Waals surface area contributed by atoms with Crippen molar-refractivity contribution in [3.05, 3.63) is 53.1 Å². The highest BCUT2D eigenvalue weighted by atomic mass is 16.3. The van der Waals surface area contributed by atoms with E-state index >= 15 is 0 Å². The van der Waals surface area contributed by atoms with Crippen LogP contribution in [0, 0.1) is 13.8 Å². The lowest BCUT2D eigenvalue weighted by atomic mass is 10.1. The van der Waals surface area contributed by atoms with Crippen molar-refractivity contribution in [1.82, 2.24) is 9.55 Å². The summed E-state index contributed by atoms with van der Waals surface area (Å²) >= 11 is 0. The van der Waals surface area contributed by atoms with E-state index in [1.165, 1.54) is 11.1 Å². The first-order valence-electron chi connectivity index (χ1n) is 6.74. The highest BCUT2D eigenvalue weighted by Gasteiger charge is 2.10. The molecule has 0 radical (unpaired) electrons. The van der Waals surface area contributed by atoms with Gasteiger partial charge in [-0.25, -0.2) is 4.98 Å². The standard InChI is InChI=1S/C17H18N2O/c1-11-4-6-14(8-12(11)2)17-18-15-7-5-13(10-20)9-16(15)19(17)3/h4-9,20H,10H2,1-3H3. The maximum absolute atomic E-state index is 9.25. The third-order valence-corrected chi connectivity index (χ3v) is 3.89. The Labute approximate surface area is 118 Å². The predicted molar refractivity (Wildman–Crippen MR) is 81.5 cm³/mol. The van der Waals surface area contributed by atoms with Crippen molar-refractivity contribution in [1.29, 1.82) is 0 Å². The van der Waals surface area contributed by atoms with Crippen molar-refractivity contribution in [3.8, 4) is 11.4 Å². The lowest BCUT2D eigenvalue weighted by molar-refractivity contribution is 0.282. The Bertz CT molecular complexity index is 787. The molecule has 20 heavy (non-hydrogen) atoms. The summed E-state index contributed by atoms with van der Waals surface area (Å²) in [5.41, 5.74) is 6.59. The highest BCUT2D eigenvalue weighted by molar-refractivity contribution is 5.81. The average Bonchev–Trinajstić information content (AvgIpc) is 2.79. The van der Waals surface area contributed by atoms with E-state index in [0.717, 1.165) is 28.0 Å². The van der Waals surface area contributed by atoms with Gasteiger partial charge in [0.1, 0.15) is 5.82 Å². The van der Waals surface area contributed by atoms with E-state index in [1.807, 2.05) is 25.2 Å². The molecule has 0 saturated heterocycles. The molecule has 1 heterocycles. The summed E-state index contributed by atoms with van der Waals surface area (Å²) in [4.78, 5) is 4.71. The first-order valence-corrected chi connectivity index (χ1v) is 6.74. The van der Waals surface area contributed by atoms with Crippen molar-refractivity contribution < 1.29 is 5.11 Å². The van der Waals surface area contributed by atoms with Gasteiger partial charge in [-0.15, -0.1) is 0 Å². The molecule has 0 spiro atoms. The van der Waals surface area contributed by atoms with Crippen LogP contribution in [0.4, 0.5) is 0 Å². The van der Waals surface area contributed by atoms with Crippen LogP contribution in [0.15, 0.2) is 36.4 Å². The van der Waals surface area contributed by atoms with Gasteiger partial charge in [0.2, 0.25) is 0 Å². The molecular formula is C17H18N2O. The summed E-state index contributed by atoms with van der Waals surface area (Å²) in [7, 11) is 2.01. The Kier molecular flexibility index (Phi) is 3.07. The van der Waals surface area contributed by atoms with Gasteiger partial charge in [0.05, 0.1) is 17.6 Å². The molecule has 3 nitrogen and oxygen atoms in total. The van der Waals surface area contributed by atoms with Crippen molar-refractivity contribution in [2.75, 3.05) is 0 Å². The van der Waals surface area contributed by atoms with Crippen molar-refractivity contribution in [2.24, 2.45) is 7.05 Å². The van der Waals surface area contributed by atoms with Gasteiger partial charge >= 0.3 is 0 Å². The molecule has 1 N–H and O–H groups in total. The SMILES string of the molecule is Cc1ccc(-c2nc3ccc(CO)cc3n2C)cc1C. The largest absolute Gasteiger partial charge is 0.392 e. The molecule has 3 aromatic rings. The molecule has 0 fully saturated rings. The molecule has 0 amide bonds. The number of benzene rings is 2. The number of nitrogens with zero attached hydrogens (tertiary/aromatic N) is 2. The van der Waals surface area contributed by atoms with E-state index in [0.29, 0.717) is 0 Å². The maximum atomic E-state index is 9.25. The molecule has 0 aliphatic heterocycles. The second-order valence-electron chi connectivity index (χ2n) is 5.27. The van der Waals surface area contributed by atoms with Crippen molar-refractivity contribution >= 4 is 11.0 Å². The van der Waals surface area contributed by atoms with Gasteiger partial charge in [0, 0.05) is 12.6 Å². The minimum Gasteiger partial charge on any atom is -0.392 e. The summed E-state index contributed by atoms with van der Waals surface area (Å²) in [6, 6.07) is 12.3. The Balaban J connectivity index is 2.21. The van der Waals surface area contributed by atoms with Gasteiger partial charge in [-0.2, -0.15) is 0 Å². The van der Waals surface area contributed by atoms with Crippen LogP contribution >= 0.6 is 0 Å². The molecule has 0 saturated carbocycles. The minimum absolute atomic E-state index is 0.0556. The van der Waals surface area contributed by atoms with Crippen molar-refractivity contribution in [3.63, 3.8) is 0 Å². The molecule has 0 aliphatic rings. The fourth-order valence-electron chi connectivity index (χ4n) is 2.47. The predicted octanol–water partition coefficient (Wildman–Crippen LogP) is 3.35. The van der Waals surface area contributed by atoms with Crippen LogP contribution in [0.3, 0.4) is 0 Å². The van der Waals surface area contributed by atoms with Crippen LogP contribution in [0.2, 0.25) is 0 Å². The molecule has 3 heteroatoms. The lowest BCUT2D eigenvalue weighted by Gasteiger charge is -2.06. The molecule has 0 aliphatic carbocycles. The number of aliphatic hydroxyl groups is 1. The molecule has 0 unspecified atom stereocenters. The Morgan fingerprint density at radius 1 is 1.05 bits per heavy atom. The fourth-order valence-corrected chi connectivity index (χ4v) is 2.47. The normalized spacial score (nSPS) is 11.2. The number of fused-ring (bicyclic) bond motifs is 1. The minimum atomic E-state index is 0.0556. The van der Waals surface area contributed by atoms with Crippen LogP contribution in [0.1, 0.15) is 16.7 Å². The lowest BCUT2D eigenvalue weighted by Crippen LogP contribution is -1.94. The van der Waals surface area contributed by atoms with Crippen LogP contribution < -0.4 is 0 Å². The van der Waals surface area contributed by atoms with Crippen LogP contribution in [0.25, 0.3) is 22.4 Å². The second kappa shape index (κ2) is 4.76. The smallest absolute Gasteiger partial charge is 0.140 e. The van der Waals surface area contributed by atoms with E-state index in [1.54, 1.807) is 0 Å². The number of rotatable bonds is 2. The first-order chi connectivity index (χ1) is 9.60. The van der Waals surface area contributed by atoms with Gasteiger partial charge < -0.3 is 9.67 Å². The summed E-state index contributed by atoms with van der Waals surface area (Å²) in [6.07, 6.45) is 0. The fraction of sp³-hybridized carbons (Fsp3) is 0.235. The maximum Gasteiger partial charge on any atom is 0.140 e. The molecule has 102 valence electrons.